The van der Waals surface area contributed by atoms with Crippen LogP contribution in [0.15, 0.2) is 0 Å². The van der Waals surface area contributed by atoms with Gasteiger partial charge in [-0.05, 0) is 16.2 Å². The van der Waals surface area contributed by atoms with Crippen LogP contribution in [0.3, 0.4) is 0 Å². The van der Waals surface area contributed by atoms with Crippen molar-refractivity contribution in [2.45, 2.75) is 0 Å². The van der Waals surface area contributed by atoms with E-state index in [1.54, 1.807) is 0 Å². The Morgan fingerprint density at radius 1 is 1.71 bits per heavy atom. The van der Waals surface area contributed by atoms with Crippen molar-refractivity contribution in [2.24, 2.45) is 11.0 Å². The standard InChI is InChI=1S/CH10N2P4/c2-6-5-1-7(3)4/h5-6H,1-4H2. The zero-order valence-electron chi connectivity index (χ0n) is 3.89. The highest BCUT2D eigenvalue weighted by molar-refractivity contribution is 8.21. The Labute approximate surface area is 51.0 Å². The molecule has 4 atom stereocenters. The normalized spacial score (nSPS) is 17.6. The van der Waals surface area contributed by atoms with Crippen LogP contribution in [0.4, 0.5) is 0 Å². The number of nitrogens with two attached hydrogens (primary N) is 2. The molecule has 0 spiro atoms. The third kappa shape index (κ3) is 7.64. The molecule has 0 aromatic carbocycles. The molecule has 0 aromatic rings. The molecule has 0 saturated carbocycles. The van der Waals surface area contributed by atoms with E-state index in [4.69, 9.17) is 11.0 Å². The fourth-order valence-corrected chi connectivity index (χ4v) is 6.16. The summed E-state index contributed by atoms with van der Waals surface area (Å²) in [5, 5.41) is 0. The predicted octanol–water partition coefficient (Wildman–Crippen LogP) is 1.24. The van der Waals surface area contributed by atoms with Gasteiger partial charge in [-0.2, -0.15) is 0 Å². The van der Waals surface area contributed by atoms with Gasteiger partial charge >= 0.3 is 0 Å². The Kier molecular flexibility index (Phi) is 7.12. The van der Waals surface area contributed by atoms with E-state index >= 15 is 0 Å². The van der Waals surface area contributed by atoms with Crippen LogP contribution < -0.4 is 11.0 Å². The van der Waals surface area contributed by atoms with Crippen molar-refractivity contribution in [3.05, 3.63) is 0 Å². The van der Waals surface area contributed by atoms with E-state index in [0.717, 1.165) is 14.2 Å². The van der Waals surface area contributed by atoms with E-state index in [2.05, 4.69) is 8.93 Å². The zero-order valence-corrected chi connectivity index (χ0v) is 7.94. The lowest BCUT2D eigenvalue weighted by Crippen LogP contribution is -1.78. The lowest BCUT2D eigenvalue weighted by atomic mass is 11.9. The maximum absolute atomic E-state index is 5.46. The van der Waals surface area contributed by atoms with Gasteiger partial charge in [0.25, 0.3) is 0 Å². The van der Waals surface area contributed by atoms with E-state index in [1.807, 2.05) is 0 Å². The van der Waals surface area contributed by atoms with Gasteiger partial charge in [0.05, 0.1) is 0 Å². The second-order valence-electron chi connectivity index (χ2n) is 0.993. The van der Waals surface area contributed by atoms with Gasteiger partial charge in [0.1, 0.15) is 0 Å². The Morgan fingerprint density at radius 2 is 2.29 bits per heavy atom. The highest BCUT2D eigenvalue weighted by Crippen LogP contribution is 2.46. The van der Waals surface area contributed by atoms with E-state index in [1.165, 1.54) is 0 Å². The molecule has 7 heavy (non-hydrogen) atoms. The minimum Gasteiger partial charge on any atom is -0.309 e. The Hall–Kier alpha value is 1.64. The smallest absolute Gasteiger partial charge is 0.00637 e. The molecular weight excluding hydrogens is 164 g/mol. The number of hydrogen-bond acceptors (Lipinski definition) is 2. The molecule has 0 bridgehead atoms. The van der Waals surface area contributed by atoms with Gasteiger partial charge in [-0.3, -0.25) is 0 Å². The molecule has 2 nitrogen and oxygen atoms in total. The lowest BCUT2D eigenvalue weighted by Gasteiger charge is -2.00. The van der Waals surface area contributed by atoms with E-state index in [9.17, 15) is 0 Å². The van der Waals surface area contributed by atoms with Crippen molar-refractivity contribution < 1.29 is 0 Å². The first kappa shape index (κ1) is 8.64. The van der Waals surface area contributed by atoms with Gasteiger partial charge in [-0.25, -0.2) is 0 Å². The zero-order chi connectivity index (χ0) is 5.70. The monoisotopic (exact) mass is 174 g/mol. The largest absolute Gasteiger partial charge is 0.309 e. The maximum Gasteiger partial charge on any atom is 0.00637 e. The summed E-state index contributed by atoms with van der Waals surface area (Å²) in [5.74, 6) is 1.12. The molecule has 0 aromatic heterocycles. The molecule has 0 radical (unpaired) electrons. The second kappa shape index (κ2) is 5.77. The minimum absolute atomic E-state index is 0.250. The van der Waals surface area contributed by atoms with Crippen molar-refractivity contribution >= 4 is 33.4 Å². The average molecular weight is 174 g/mol. The molecule has 0 amide bonds. The van der Waals surface area contributed by atoms with Gasteiger partial charge < -0.3 is 11.0 Å². The first-order chi connectivity index (χ1) is 3.27. The molecule has 0 fully saturated rings. The Bertz CT molecular complexity index is 38.7. The van der Waals surface area contributed by atoms with Crippen LogP contribution in [0.1, 0.15) is 0 Å². The van der Waals surface area contributed by atoms with Crippen LogP contribution in [0.5, 0.6) is 0 Å². The Balaban J connectivity index is 2.68. The second-order valence-corrected chi connectivity index (χ2v) is 7.85. The molecule has 0 rings (SSSR count). The van der Waals surface area contributed by atoms with Gasteiger partial charge in [-0.15, -0.1) is 0 Å². The van der Waals surface area contributed by atoms with Crippen LogP contribution in [0, 0.1) is 0 Å². The van der Waals surface area contributed by atoms with Crippen LogP contribution in [0.25, 0.3) is 0 Å². The summed E-state index contributed by atoms with van der Waals surface area (Å²) in [7, 11) is 3.84. The van der Waals surface area contributed by atoms with Crippen LogP contribution in [-0.2, 0) is 0 Å². The predicted molar refractivity (Wildman–Crippen MR) is 46.5 cm³/mol. The molecule has 44 valence electrons. The molecule has 4 unspecified atom stereocenters. The summed E-state index contributed by atoms with van der Waals surface area (Å²) < 4.78 is 0. The van der Waals surface area contributed by atoms with Crippen molar-refractivity contribution in [3.8, 4) is 0 Å². The molecule has 0 aliphatic rings. The average Bonchev–Trinajstić information content (AvgIpc) is 1.61. The van der Waals surface area contributed by atoms with E-state index in [0.29, 0.717) is 8.42 Å². The molecular formula is CH10N2P4. The van der Waals surface area contributed by atoms with Crippen molar-refractivity contribution in [2.75, 3.05) is 5.90 Å². The molecule has 6 heteroatoms. The van der Waals surface area contributed by atoms with Crippen LogP contribution in [0.2, 0.25) is 0 Å². The third-order valence-electron chi connectivity index (χ3n) is 0.364. The van der Waals surface area contributed by atoms with E-state index in [-0.39, 0.29) is 7.76 Å². The fraction of sp³-hybridized carbons (Fsp3) is 1.00. The maximum atomic E-state index is 5.46. The summed E-state index contributed by atoms with van der Waals surface area (Å²) in [4.78, 5) is 0. The number of hydrogen-bond donors (Lipinski definition) is 2. The lowest BCUT2D eigenvalue weighted by molar-refractivity contribution is 1.94. The first-order valence-corrected chi connectivity index (χ1v) is 8.22. The van der Waals surface area contributed by atoms with Crippen LogP contribution in [-0.4, -0.2) is 5.90 Å². The summed E-state index contributed by atoms with van der Waals surface area (Å²) in [5.41, 5.74) is 10.7. The summed E-state index contributed by atoms with van der Waals surface area (Å²) >= 11 is 0. The summed E-state index contributed by atoms with van der Waals surface area (Å²) in [6, 6.07) is 0. The topological polar surface area (TPSA) is 52.0 Å². The highest BCUT2D eigenvalue weighted by Gasteiger charge is 1.88. The Morgan fingerprint density at radius 3 is 2.43 bits per heavy atom. The van der Waals surface area contributed by atoms with Crippen molar-refractivity contribution in [3.63, 3.8) is 0 Å². The molecule has 0 heterocycles. The molecule has 0 aliphatic carbocycles. The van der Waals surface area contributed by atoms with Gasteiger partial charge in [0.2, 0.25) is 0 Å². The molecule has 0 saturated heterocycles. The van der Waals surface area contributed by atoms with E-state index < -0.39 is 0 Å². The van der Waals surface area contributed by atoms with Crippen LogP contribution >= 0.6 is 33.4 Å². The summed E-state index contributed by atoms with van der Waals surface area (Å²) in [6.45, 7) is 0. The third-order valence-corrected chi connectivity index (χ3v) is 6.34. The number of rotatable bonds is 3. The molecule has 4 N–H and O–H groups in total. The van der Waals surface area contributed by atoms with Gasteiger partial charge in [0, 0.05) is 5.90 Å². The SMILES string of the molecule is NPPCP(N)P. The molecule has 0 aliphatic heterocycles. The van der Waals surface area contributed by atoms with Crippen molar-refractivity contribution in [1.29, 1.82) is 0 Å². The van der Waals surface area contributed by atoms with Gasteiger partial charge in [0.15, 0.2) is 0 Å². The highest BCUT2D eigenvalue weighted by atomic mass is 32.1. The fourth-order valence-electron chi connectivity index (χ4n) is 0.137. The van der Waals surface area contributed by atoms with Gasteiger partial charge in [-0.1, -0.05) is 17.2 Å². The quantitative estimate of drug-likeness (QED) is 0.632. The summed E-state index contributed by atoms with van der Waals surface area (Å²) in [6.07, 6.45) is 0. The van der Waals surface area contributed by atoms with Crippen molar-refractivity contribution in [1.82, 2.24) is 0 Å². The minimum atomic E-state index is -0.250. The first-order valence-electron chi connectivity index (χ1n) is 1.72.